The van der Waals surface area contributed by atoms with E-state index in [1.165, 1.54) is 0 Å². The number of rotatable bonds is 9. The Hall–Kier alpha value is -0.570. The fourth-order valence-electron chi connectivity index (χ4n) is 1.80. The Balaban J connectivity index is 4.04. The van der Waals surface area contributed by atoms with E-state index in [2.05, 4.69) is 41.5 Å². The number of hydrogen-bond donors (Lipinski definition) is 0. The summed E-state index contributed by atoms with van der Waals surface area (Å²) < 4.78 is 5.48. The van der Waals surface area contributed by atoms with Gasteiger partial charge in [0.15, 0.2) is 0 Å². The number of carbonyl (C=O) groups is 1. The third-order valence-electron chi connectivity index (χ3n) is 2.44. The molecule has 0 unspecified atom stereocenters. The molecule has 0 atom stereocenters. The van der Waals surface area contributed by atoms with Gasteiger partial charge in [-0.25, -0.2) is 0 Å². The highest BCUT2D eigenvalue weighted by Crippen LogP contribution is 2.06. The predicted molar refractivity (Wildman–Crippen MR) is 76.5 cm³/mol. The first-order valence-electron chi connectivity index (χ1n) is 7.18. The van der Waals surface area contributed by atoms with Crippen LogP contribution in [-0.4, -0.2) is 37.1 Å². The zero-order chi connectivity index (χ0) is 14.1. The highest BCUT2D eigenvalue weighted by atomic mass is 16.5. The summed E-state index contributed by atoms with van der Waals surface area (Å²) >= 11 is 0. The van der Waals surface area contributed by atoms with E-state index >= 15 is 0 Å². The van der Waals surface area contributed by atoms with E-state index in [0.29, 0.717) is 30.8 Å². The monoisotopic (exact) mass is 257 g/mol. The molecule has 0 rings (SSSR count). The predicted octanol–water partition coefficient (Wildman–Crippen LogP) is 3.19. The van der Waals surface area contributed by atoms with E-state index in [1.807, 2.05) is 4.90 Å². The van der Waals surface area contributed by atoms with Gasteiger partial charge in [0.25, 0.3) is 0 Å². The lowest BCUT2D eigenvalue weighted by molar-refractivity contribution is -0.133. The fourth-order valence-corrected chi connectivity index (χ4v) is 1.80. The average molecular weight is 257 g/mol. The summed E-state index contributed by atoms with van der Waals surface area (Å²) in [5.74, 6) is 1.79. The zero-order valence-electron chi connectivity index (χ0n) is 13.0. The Morgan fingerprint density at radius 2 is 1.44 bits per heavy atom. The van der Waals surface area contributed by atoms with Crippen LogP contribution >= 0.6 is 0 Å². The third-order valence-corrected chi connectivity index (χ3v) is 2.44. The Labute approximate surface area is 113 Å². The molecule has 0 aliphatic carbocycles. The molecule has 18 heavy (non-hydrogen) atoms. The van der Waals surface area contributed by atoms with Gasteiger partial charge in [-0.2, -0.15) is 0 Å². The Morgan fingerprint density at radius 3 is 1.83 bits per heavy atom. The van der Waals surface area contributed by atoms with Crippen LogP contribution < -0.4 is 0 Å². The van der Waals surface area contributed by atoms with Crippen molar-refractivity contribution in [3.63, 3.8) is 0 Å². The summed E-state index contributed by atoms with van der Waals surface area (Å²) in [7, 11) is 0. The number of ether oxygens (including phenoxy) is 1. The van der Waals surface area contributed by atoms with Crippen LogP contribution in [0.5, 0.6) is 0 Å². The maximum Gasteiger partial charge on any atom is 0.224 e. The molecule has 0 heterocycles. The molecule has 0 aliphatic rings. The van der Waals surface area contributed by atoms with Gasteiger partial charge in [0.05, 0.1) is 13.0 Å². The molecule has 0 saturated heterocycles. The average Bonchev–Trinajstić information content (AvgIpc) is 2.21. The number of nitrogens with zero attached hydrogens (tertiary/aromatic N) is 1. The van der Waals surface area contributed by atoms with E-state index in [9.17, 15) is 4.79 Å². The molecular weight excluding hydrogens is 226 g/mol. The van der Waals surface area contributed by atoms with Crippen LogP contribution in [0.15, 0.2) is 0 Å². The highest BCUT2D eigenvalue weighted by Gasteiger charge is 2.15. The number of hydrogen-bond acceptors (Lipinski definition) is 2. The van der Waals surface area contributed by atoms with Gasteiger partial charge in [-0.05, 0) is 17.8 Å². The minimum atomic E-state index is 0.223. The van der Waals surface area contributed by atoms with E-state index < -0.39 is 0 Å². The molecule has 0 aromatic carbocycles. The molecule has 108 valence electrons. The second kappa shape index (κ2) is 9.37. The molecule has 0 aromatic heterocycles. The van der Waals surface area contributed by atoms with Crippen LogP contribution in [0.25, 0.3) is 0 Å². The maximum absolute atomic E-state index is 12.1. The van der Waals surface area contributed by atoms with Crippen LogP contribution in [0.4, 0.5) is 0 Å². The van der Waals surface area contributed by atoms with Gasteiger partial charge in [0.1, 0.15) is 0 Å². The lowest BCUT2D eigenvalue weighted by atomic mass is 10.1. The quantitative estimate of drug-likeness (QED) is 0.594. The smallest absolute Gasteiger partial charge is 0.224 e. The van der Waals surface area contributed by atoms with E-state index in [4.69, 9.17) is 4.74 Å². The molecule has 3 heteroatoms. The molecule has 0 N–H and O–H groups in total. The van der Waals surface area contributed by atoms with Gasteiger partial charge in [0.2, 0.25) is 5.91 Å². The summed E-state index contributed by atoms with van der Waals surface area (Å²) in [5.41, 5.74) is 0. The van der Waals surface area contributed by atoms with Crippen molar-refractivity contribution in [1.82, 2.24) is 4.90 Å². The van der Waals surface area contributed by atoms with Crippen LogP contribution in [0.3, 0.4) is 0 Å². The highest BCUT2D eigenvalue weighted by molar-refractivity contribution is 5.76. The summed E-state index contributed by atoms with van der Waals surface area (Å²) in [4.78, 5) is 14.1. The Morgan fingerprint density at radius 1 is 0.944 bits per heavy atom. The van der Waals surface area contributed by atoms with Crippen molar-refractivity contribution in [2.75, 3.05) is 26.3 Å². The molecule has 0 bridgehead atoms. The van der Waals surface area contributed by atoms with Crippen molar-refractivity contribution in [3.8, 4) is 0 Å². The molecule has 3 nitrogen and oxygen atoms in total. The Bertz CT molecular complexity index is 215. The van der Waals surface area contributed by atoms with Crippen LogP contribution in [-0.2, 0) is 9.53 Å². The number of amides is 1. The summed E-state index contributed by atoms with van der Waals surface area (Å²) in [6.07, 6.45) is 0.506. The topological polar surface area (TPSA) is 29.5 Å². The molecule has 0 radical (unpaired) electrons. The van der Waals surface area contributed by atoms with E-state index in [1.54, 1.807) is 0 Å². The van der Waals surface area contributed by atoms with Gasteiger partial charge in [-0.1, -0.05) is 41.5 Å². The molecule has 0 fully saturated rings. The van der Waals surface area contributed by atoms with Gasteiger partial charge in [0, 0.05) is 19.7 Å². The summed E-state index contributed by atoms with van der Waals surface area (Å²) in [5, 5.41) is 0. The lowest BCUT2D eigenvalue weighted by Gasteiger charge is -2.26. The van der Waals surface area contributed by atoms with Crippen LogP contribution in [0, 0.1) is 17.8 Å². The normalized spacial score (nSPS) is 11.6. The van der Waals surface area contributed by atoms with Gasteiger partial charge >= 0.3 is 0 Å². The maximum atomic E-state index is 12.1. The van der Waals surface area contributed by atoms with Crippen molar-refractivity contribution in [3.05, 3.63) is 0 Å². The molecule has 0 spiro atoms. The van der Waals surface area contributed by atoms with Crippen molar-refractivity contribution in [2.24, 2.45) is 17.8 Å². The van der Waals surface area contributed by atoms with Crippen molar-refractivity contribution >= 4 is 5.91 Å². The van der Waals surface area contributed by atoms with E-state index in [-0.39, 0.29) is 5.91 Å². The second-order valence-corrected chi connectivity index (χ2v) is 6.31. The van der Waals surface area contributed by atoms with Crippen molar-refractivity contribution in [1.29, 1.82) is 0 Å². The van der Waals surface area contributed by atoms with Crippen LogP contribution in [0.1, 0.15) is 48.0 Å². The molecule has 0 aliphatic heterocycles. The summed E-state index contributed by atoms with van der Waals surface area (Å²) in [6.45, 7) is 15.8. The summed E-state index contributed by atoms with van der Waals surface area (Å²) in [6, 6.07) is 0. The first-order chi connectivity index (χ1) is 8.32. The standard InChI is InChI=1S/C15H31NO2/c1-12(2)9-16(10-13(3)4)15(17)7-8-18-11-14(5)6/h12-14H,7-11H2,1-6H3. The largest absolute Gasteiger partial charge is 0.381 e. The molecule has 1 amide bonds. The fraction of sp³-hybridized carbons (Fsp3) is 0.933. The van der Waals surface area contributed by atoms with Crippen molar-refractivity contribution < 1.29 is 9.53 Å². The van der Waals surface area contributed by atoms with Gasteiger partial charge < -0.3 is 9.64 Å². The first-order valence-corrected chi connectivity index (χ1v) is 7.18. The van der Waals surface area contributed by atoms with Gasteiger partial charge in [-0.3, -0.25) is 4.79 Å². The van der Waals surface area contributed by atoms with E-state index in [0.717, 1.165) is 19.7 Å². The molecular formula is C15H31NO2. The van der Waals surface area contributed by atoms with Crippen LogP contribution in [0.2, 0.25) is 0 Å². The zero-order valence-corrected chi connectivity index (χ0v) is 13.0. The molecule has 0 aromatic rings. The van der Waals surface area contributed by atoms with Crippen molar-refractivity contribution in [2.45, 2.75) is 48.0 Å². The lowest BCUT2D eigenvalue weighted by Crippen LogP contribution is -2.37. The first kappa shape index (κ1) is 17.4. The Kier molecular flexibility index (Phi) is 9.08. The third kappa shape index (κ3) is 9.46. The minimum Gasteiger partial charge on any atom is -0.381 e. The second-order valence-electron chi connectivity index (χ2n) is 6.31. The number of carbonyl (C=O) groups excluding carboxylic acids is 1. The molecule has 0 saturated carbocycles. The van der Waals surface area contributed by atoms with Gasteiger partial charge in [-0.15, -0.1) is 0 Å². The SMILES string of the molecule is CC(C)COCCC(=O)N(CC(C)C)CC(C)C. The minimum absolute atomic E-state index is 0.223.